The zero-order chi connectivity index (χ0) is 15.2. The van der Waals surface area contributed by atoms with Crippen LogP contribution in [0.5, 0.6) is 0 Å². The van der Waals surface area contributed by atoms with Gasteiger partial charge in [-0.15, -0.1) is 0 Å². The normalized spacial score (nSPS) is 12.1. The molecule has 2 aromatic rings. The number of rotatable bonds is 6. The number of halogens is 1. The molecular formula is C16H20FN3O. The number of hydrogen-bond donors (Lipinski definition) is 2. The van der Waals surface area contributed by atoms with Crippen LogP contribution in [0, 0.1) is 12.7 Å². The molecule has 0 radical (unpaired) electrons. The number of nitrogens with one attached hydrogen (secondary N) is 2. The minimum atomic E-state index is -0.237. The fraction of sp³-hybridized carbons (Fsp3) is 0.375. The van der Waals surface area contributed by atoms with Crippen molar-refractivity contribution in [3.63, 3.8) is 0 Å². The molecule has 0 fully saturated rings. The lowest BCUT2D eigenvalue weighted by Gasteiger charge is -2.11. The van der Waals surface area contributed by atoms with Crippen LogP contribution >= 0.6 is 0 Å². The summed E-state index contributed by atoms with van der Waals surface area (Å²) in [5.41, 5.74) is 2.02. The Morgan fingerprint density at radius 2 is 2.10 bits per heavy atom. The molecule has 2 N–H and O–H groups in total. The number of aryl methyl sites for hydroxylation is 2. The molecule has 1 atom stereocenters. The molecule has 0 bridgehead atoms. The van der Waals surface area contributed by atoms with E-state index in [0.29, 0.717) is 6.42 Å². The Labute approximate surface area is 123 Å². The molecule has 1 amide bonds. The molecule has 0 aliphatic heterocycles. The van der Waals surface area contributed by atoms with Crippen LogP contribution < -0.4 is 5.32 Å². The van der Waals surface area contributed by atoms with Gasteiger partial charge in [-0.25, -0.2) is 9.37 Å². The number of aromatic nitrogens is 2. The van der Waals surface area contributed by atoms with Gasteiger partial charge in [0, 0.05) is 18.3 Å². The minimum absolute atomic E-state index is 0.00124. The first kappa shape index (κ1) is 15.2. The van der Waals surface area contributed by atoms with E-state index in [1.807, 2.05) is 13.8 Å². The van der Waals surface area contributed by atoms with Crippen LogP contribution in [-0.2, 0) is 11.2 Å². The smallest absolute Gasteiger partial charge is 0.220 e. The maximum atomic E-state index is 12.8. The van der Waals surface area contributed by atoms with Crippen LogP contribution in [0.3, 0.4) is 0 Å². The number of carbonyl (C=O) groups is 1. The number of carbonyl (C=O) groups excluding carboxylic acids is 1. The zero-order valence-corrected chi connectivity index (χ0v) is 12.3. The molecule has 0 saturated heterocycles. The molecule has 112 valence electrons. The fourth-order valence-corrected chi connectivity index (χ4v) is 2.14. The van der Waals surface area contributed by atoms with Crippen LogP contribution in [0.15, 0.2) is 30.5 Å². The second-order valence-corrected chi connectivity index (χ2v) is 5.22. The second-order valence-electron chi connectivity index (χ2n) is 5.22. The van der Waals surface area contributed by atoms with E-state index in [4.69, 9.17) is 0 Å². The number of hydrogen-bond acceptors (Lipinski definition) is 2. The number of H-pyrrole nitrogens is 1. The van der Waals surface area contributed by atoms with E-state index in [9.17, 15) is 9.18 Å². The first-order chi connectivity index (χ1) is 10.0. The molecule has 2 rings (SSSR count). The SMILES string of the molecule is Cc1cnc([C@@H](C)NC(=O)CCCc2ccc(F)cc2)[nH]1. The van der Waals surface area contributed by atoms with Gasteiger partial charge in [-0.3, -0.25) is 4.79 Å². The van der Waals surface area contributed by atoms with Crippen molar-refractivity contribution in [1.82, 2.24) is 15.3 Å². The van der Waals surface area contributed by atoms with E-state index in [1.54, 1.807) is 18.3 Å². The van der Waals surface area contributed by atoms with E-state index < -0.39 is 0 Å². The summed E-state index contributed by atoms with van der Waals surface area (Å²) < 4.78 is 12.8. The van der Waals surface area contributed by atoms with Crippen molar-refractivity contribution >= 4 is 5.91 Å². The summed E-state index contributed by atoms with van der Waals surface area (Å²) in [4.78, 5) is 19.2. The van der Waals surface area contributed by atoms with Crippen molar-refractivity contribution in [3.05, 3.63) is 53.4 Å². The van der Waals surface area contributed by atoms with Gasteiger partial charge in [-0.05, 0) is 44.4 Å². The van der Waals surface area contributed by atoms with Crippen LogP contribution in [0.25, 0.3) is 0 Å². The Morgan fingerprint density at radius 1 is 1.38 bits per heavy atom. The fourth-order valence-electron chi connectivity index (χ4n) is 2.14. The van der Waals surface area contributed by atoms with Gasteiger partial charge >= 0.3 is 0 Å². The highest BCUT2D eigenvalue weighted by molar-refractivity contribution is 5.76. The lowest BCUT2D eigenvalue weighted by Crippen LogP contribution is -2.27. The van der Waals surface area contributed by atoms with Gasteiger partial charge in [0.05, 0.1) is 6.04 Å². The van der Waals surface area contributed by atoms with E-state index in [-0.39, 0.29) is 17.8 Å². The Kier molecular flexibility index (Phi) is 5.09. The van der Waals surface area contributed by atoms with Crippen molar-refractivity contribution in [2.24, 2.45) is 0 Å². The summed E-state index contributed by atoms with van der Waals surface area (Å²) in [5.74, 6) is 0.525. The van der Waals surface area contributed by atoms with Crippen molar-refractivity contribution in [2.75, 3.05) is 0 Å². The molecule has 0 spiro atoms. The lowest BCUT2D eigenvalue weighted by molar-refractivity contribution is -0.121. The van der Waals surface area contributed by atoms with Gasteiger partial charge in [-0.1, -0.05) is 12.1 Å². The van der Waals surface area contributed by atoms with Gasteiger partial charge in [0.2, 0.25) is 5.91 Å². The van der Waals surface area contributed by atoms with Crippen LogP contribution in [0.1, 0.15) is 42.9 Å². The second kappa shape index (κ2) is 7.02. The number of imidazole rings is 1. The monoisotopic (exact) mass is 289 g/mol. The highest BCUT2D eigenvalue weighted by atomic mass is 19.1. The predicted octanol–water partition coefficient (Wildman–Crippen LogP) is 3.06. The minimum Gasteiger partial charge on any atom is -0.346 e. The van der Waals surface area contributed by atoms with Crippen LogP contribution in [-0.4, -0.2) is 15.9 Å². The molecule has 1 aromatic carbocycles. The average molecular weight is 289 g/mol. The maximum absolute atomic E-state index is 12.8. The topological polar surface area (TPSA) is 57.8 Å². The highest BCUT2D eigenvalue weighted by Crippen LogP contribution is 2.10. The number of nitrogens with zero attached hydrogens (tertiary/aromatic N) is 1. The quantitative estimate of drug-likeness (QED) is 0.858. The van der Waals surface area contributed by atoms with Crippen molar-refractivity contribution in [3.8, 4) is 0 Å². The van der Waals surface area contributed by atoms with Crippen LogP contribution in [0.2, 0.25) is 0 Å². The van der Waals surface area contributed by atoms with Gasteiger partial charge < -0.3 is 10.3 Å². The molecule has 21 heavy (non-hydrogen) atoms. The summed E-state index contributed by atoms with van der Waals surface area (Å²) in [7, 11) is 0. The molecular weight excluding hydrogens is 269 g/mol. The number of aromatic amines is 1. The molecule has 1 heterocycles. The molecule has 0 unspecified atom stereocenters. The molecule has 0 aliphatic rings. The third-order valence-electron chi connectivity index (χ3n) is 3.29. The van der Waals surface area contributed by atoms with E-state index in [2.05, 4.69) is 15.3 Å². The van der Waals surface area contributed by atoms with Crippen molar-refractivity contribution in [2.45, 2.75) is 39.2 Å². The zero-order valence-electron chi connectivity index (χ0n) is 12.3. The summed E-state index contributed by atoms with van der Waals surface area (Å²) >= 11 is 0. The van der Waals surface area contributed by atoms with Crippen LogP contribution in [0.4, 0.5) is 4.39 Å². The molecule has 0 saturated carbocycles. The molecule has 4 nitrogen and oxygen atoms in total. The molecule has 1 aromatic heterocycles. The van der Waals surface area contributed by atoms with Gasteiger partial charge in [0.15, 0.2) is 0 Å². The van der Waals surface area contributed by atoms with E-state index >= 15 is 0 Å². The maximum Gasteiger partial charge on any atom is 0.220 e. The highest BCUT2D eigenvalue weighted by Gasteiger charge is 2.11. The molecule has 5 heteroatoms. The van der Waals surface area contributed by atoms with Crippen molar-refractivity contribution < 1.29 is 9.18 Å². The standard InChI is InChI=1S/C16H20FN3O/c1-11-10-18-16(19-11)12(2)20-15(21)5-3-4-13-6-8-14(17)9-7-13/h6-10,12H,3-5H2,1-2H3,(H,18,19)(H,20,21)/t12-/m1/s1. The predicted molar refractivity (Wildman–Crippen MR) is 79.2 cm³/mol. The average Bonchev–Trinajstić information content (AvgIpc) is 2.88. The van der Waals surface area contributed by atoms with E-state index in [1.165, 1.54) is 12.1 Å². The summed E-state index contributed by atoms with van der Waals surface area (Å²) in [6.45, 7) is 3.82. The van der Waals surface area contributed by atoms with E-state index in [0.717, 1.165) is 29.9 Å². The van der Waals surface area contributed by atoms with Gasteiger partial charge in [0.25, 0.3) is 0 Å². The Balaban J connectivity index is 1.73. The third-order valence-corrected chi connectivity index (χ3v) is 3.29. The lowest BCUT2D eigenvalue weighted by atomic mass is 10.1. The largest absolute Gasteiger partial charge is 0.346 e. The Morgan fingerprint density at radius 3 is 2.71 bits per heavy atom. The summed E-state index contributed by atoms with van der Waals surface area (Å²) in [6.07, 6.45) is 3.69. The Hall–Kier alpha value is -2.17. The third kappa shape index (κ3) is 4.70. The van der Waals surface area contributed by atoms with Gasteiger partial charge in [-0.2, -0.15) is 0 Å². The van der Waals surface area contributed by atoms with Crippen molar-refractivity contribution in [1.29, 1.82) is 0 Å². The Bertz CT molecular complexity index is 592. The summed E-state index contributed by atoms with van der Waals surface area (Å²) in [5, 5.41) is 2.91. The summed E-state index contributed by atoms with van der Waals surface area (Å²) in [6, 6.07) is 6.26. The number of amides is 1. The van der Waals surface area contributed by atoms with Gasteiger partial charge in [0.1, 0.15) is 11.6 Å². The number of benzene rings is 1. The first-order valence-corrected chi connectivity index (χ1v) is 7.10. The first-order valence-electron chi connectivity index (χ1n) is 7.10. The molecule has 0 aliphatic carbocycles.